The summed E-state index contributed by atoms with van der Waals surface area (Å²) >= 11 is 0. The van der Waals surface area contributed by atoms with Crippen molar-refractivity contribution >= 4 is 21.8 Å². The molecule has 8 nitrogen and oxygen atoms in total. The van der Waals surface area contributed by atoms with E-state index < -0.39 is 21.0 Å². The molecule has 0 amide bonds. The lowest BCUT2D eigenvalue weighted by Crippen LogP contribution is -2.12. The molecule has 0 spiro atoms. The molecule has 0 aliphatic rings. The van der Waals surface area contributed by atoms with Gasteiger partial charge in [-0.1, -0.05) is 18.2 Å². The van der Waals surface area contributed by atoms with Crippen LogP contribution in [0.4, 0.5) is 5.69 Å². The number of esters is 1. The van der Waals surface area contributed by atoms with Crippen LogP contribution in [0.3, 0.4) is 0 Å². The highest BCUT2D eigenvalue weighted by Crippen LogP contribution is 2.27. The zero-order chi connectivity index (χ0) is 18.6. The summed E-state index contributed by atoms with van der Waals surface area (Å²) in [5.74, 6) is -0.395. The molecule has 0 bridgehead atoms. The summed E-state index contributed by atoms with van der Waals surface area (Å²) in [6, 6.07) is 9.58. The Bertz CT molecular complexity index is 905. The van der Waals surface area contributed by atoms with Crippen molar-refractivity contribution in [3.05, 3.63) is 63.7 Å². The smallest absolute Gasteiger partial charge is 0.339 e. The predicted octanol–water partition coefficient (Wildman–Crippen LogP) is 2.39. The van der Waals surface area contributed by atoms with E-state index in [2.05, 4.69) is 4.74 Å². The second kappa shape index (κ2) is 7.31. The van der Waals surface area contributed by atoms with Crippen LogP contribution in [-0.4, -0.2) is 26.4 Å². The van der Waals surface area contributed by atoms with E-state index in [0.29, 0.717) is 5.56 Å². The maximum Gasteiger partial charge on any atom is 0.339 e. The van der Waals surface area contributed by atoms with E-state index in [9.17, 15) is 23.3 Å². The van der Waals surface area contributed by atoms with Crippen LogP contribution in [0.25, 0.3) is 0 Å². The third-order valence-corrected chi connectivity index (χ3v) is 4.82. The Morgan fingerprint density at radius 1 is 1.16 bits per heavy atom. The number of hydrogen-bond acceptors (Lipinski definition) is 7. The maximum atomic E-state index is 12.4. The molecule has 0 aromatic heterocycles. The van der Waals surface area contributed by atoms with Crippen molar-refractivity contribution in [2.45, 2.75) is 18.2 Å². The van der Waals surface area contributed by atoms with Crippen molar-refractivity contribution in [2.75, 3.05) is 7.11 Å². The van der Waals surface area contributed by atoms with Gasteiger partial charge in [0.2, 0.25) is 0 Å². The van der Waals surface area contributed by atoms with Crippen LogP contribution in [0.15, 0.2) is 47.4 Å². The highest BCUT2D eigenvalue weighted by Gasteiger charge is 2.24. The van der Waals surface area contributed by atoms with Gasteiger partial charge in [-0.3, -0.25) is 14.9 Å². The zero-order valence-electron chi connectivity index (χ0n) is 13.5. The summed E-state index contributed by atoms with van der Waals surface area (Å²) in [7, 11) is -2.97. The predicted molar refractivity (Wildman–Crippen MR) is 87.8 cm³/mol. The van der Waals surface area contributed by atoms with E-state index >= 15 is 0 Å². The first-order chi connectivity index (χ1) is 11.7. The van der Waals surface area contributed by atoms with Crippen LogP contribution in [0.2, 0.25) is 0 Å². The zero-order valence-corrected chi connectivity index (χ0v) is 14.3. The Hall–Kier alpha value is -2.94. The topological polar surface area (TPSA) is 113 Å². The van der Waals surface area contributed by atoms with Gasteiger partial charge >= 0.3 is 16.1 Å². The number of ether oxygens (including phenoxy) is 1. The largest absolute Gasteiger partial charge is 0.469 e. The molecule has 2 aromatic rings. The minimum atomic E-state index is -4.24. The molecule has 0 atom stereocenters. The Morgan fingerprint density at radius 3 is 2.36 bits per heavy atom. The number of hydrogen-bond donors (Lipinski definition) is 0. The molecular formula is C16H15NO7S. The first-order valence-corrected chi connectivity index (χ1v) is 8.49. The van der Waals surface area contributed by atoms with Gasteiger partial charge in [0.1, 0.15) is 10.6 Å². The molecule has 0 unspecified atom stereocenters. The van der Waals surface area contributed by atoms with Crippen LogP contribution in [0.5, 0.6) is 5.75 Å². The van der Waals surface area contributed by atoms with Crippen LogP contribution in [-0.2, 0) is 26.1 Å². The van der Waals surface area contributed by atoms with E-state index in [0.717, 1.165) is 0 Å². The highest BCUT2D eigenvalue weighted by molar-refractivity contribution is 7.87. The first kappa shape index (κ1) is 18.4. The van der Waals surface area contributed by atoms with Gasteiger partial charge in [0, 0.05) is 11.6 Å². The van der Waals surface area contributed by atoms with Crippen molar-refractivity contribution in [1.82, 2.24) is 0 Å². The molecule has 132 valence electrons. The Kier molecular flexibility index (Phi) is 5.38. The van der Waals surface area contributed by atoms with Gasteiger partial charge in [0.15, 0.2) is 0 Å². The highest BCUT2D eigenvalue weighted by atomic mass is 32.2. The summed E-state index contributed by atoms with van der Waals surface area (Å²) in [6.07, 6.45) is 0.0491. The molecule has 0 fully saturated rings. The van der Waals surface area contributed by atoms with Gasteiger partial charge in [-0.2, -0.15) is 8.42 Å². The summed E-state index contributed by atoms with van der Waals surface area (Å²) in [5, 5.41) is 10.9. The standard InChI is InChI=1S/C16H15NO7S/c1-11-14(17(19)20)4-3-5-15(11)25(21,22)24-13-8-6-12(7-9-13)10-16(18)23-2/h3-9H,10H2,1-2H3. The Morgan fingerprint density at radius 2 is 1.80 bits per heavy atom. The summed E-state index contributed by atoms with van der Waals surface area (Å²) < 4.78 is 34.3. The summed E-state index contributed by atoms with van der Waals surface area (Å²) in [5.41, 5.74) is 0.316. The lowest BCUT2D eigenvalue weighted by atomic mass is 10.1. The number of carbonyl (C=O) groups is 1. The fourth-order valence-corrected chi connectivity index (χ4v) is 3.32. The number of carbonyl (C=O) groups excluding carboxylic acids is 1. The molecule has 0 N–H and O–H groups in total. The van der Waals surface area contributed by atoms with E-state index in [1.807, 2.05) is 0 Å². The van der Waals surface area contributed by atoms with E-state index in [1.165, 1.54) is 56.5 Å². The average Bonchev–Trinajstić information content (AvgIpc) is 2.56. The summed E-state index contributed by atoms with van der Waals surface area (Å²) in [6.45, 7) is 1.34. The fraction of sp³-hybridized carbons (Fsp3) is 0.188. The maximum absolute atomic E-state index is 12.4. The van der Waals surface area contributed by atoms with Gasteiger partial charge in [-0.25, -0.2) is 0 Å². The molecule has 2 aromatic carbocycles. The number of nitrogens with zero attached hydrogens (tertiary/aromatic N) is 1. The fourth-order valence-electron chi connectivity index (χ4n) is 2.14. The van der Waals surface area contributed by atoms with Gasteiger partial charge < -0.3 is 8.92 Å². The second-order valence-electron chi connectivity index (χ2n) is 5.09. The third-order valence-electron chi connectivity index (χ3n) is 3.43. The molecule has 25 heavy (non-hydrogen) atoms. The van der Waals surface area contributed by atoms with Crippen LogP contribution in [0, 0.1) is 17.0 Å². The lowest BCUT2D eigenvalue weighted by molar-refractivity contribution is -0.385. The number of nitro groups is 1. The Balaban J connectivity index is 2.26. The molecule has 0 aliphatic heterocycles. The van der Waals surface area contributed by atoms with Gasteiger partial charge in [-0.05, 0) is 30.7 Å². The molecule has 0 saturated heterocycles. The van der Waals surface area contributed by atoms with Crippen molar-refractivity contribution in [3.8, 4) is 5.75 Å². The second-order valence-corrected chi connectivity index (χ2v) is 6.61. The molecule has 9 heteroatoms. The minimum Gasteiger partial charge on any atom is -0.469 e. The minimum absolute atomic E-state index is 0.00480. The lowest BCUT2D eigenvalue weighted by Gasteiger charge is -2.10. The molecular weight excluding hydrogens is 350 g/mol. The van der Waals surface area contributed by atoms with Gasteiger partial charge in [-0.15, -0.1) is 0 Å². The van der Waals surface area contributed by atoms with E-state index in [4.69, 9.17) is 4.18 Å². The molecule has 0 radical (unpaired) electrons. The first-order valence-electron chi connectivity index (χ1n) is 7.09. The van der Waals surface area contributed by atoms with Crippen molar-refractivity contribution in [2.24, 2.45) is 0 Å². The van der Waals surface area contributed by atoms with E-state index in [1.54, 1.807) is 0 Å². The Labute approximate surface area is 144 Å². The number of methoxy groups -OCH3 is 1. The van der Waals surface area contributed by atoms with Crippen LogP contribution < -0.4 is 4.18 Å². The SMILES string of the molecule is COC(=O)Cc1ccc(OS(=O)(=O)c2cccc([N+](=O)[O-])c2C)cc1. The molecule has 2 rings (SSSR count). The number of nitro benzene ring substituents is 1. The number of rotatable bonds is 6. The monoisotopic (exact) mass is 365 g/mol. The van der Waals surface area contributed by atoms with Crippen molar-refractivity contribution in [3.63, 3.8) is 0 Å². The normalized spacial score (nSPS) is 11.0. The molecule has 0 heterocycles. The molecule has 0 saturated carbocycles. The van der Waals surface area contributed by atoms with Crippen molar-refractivity contribution < 1.29 is 27.1 Å². The number of benzene rings is 2. The van der Waals surface area contributed by atoms with Gasteiger partial charge in [0.25, 0.3) is 5.69 Å². The van der Waals surface area contributed by atoms with Crippen LogP contribution in [0.1, 0.15) is 11.1 Å². The quantitative estimate of drug-likeness (QED) is 0.334. The summed E-state index contributed by atoms with van der Waals surface area (Å²) in [4.78, 5) is 21.2. The molecule has 0 aliphatic carbocycles. The third kappa shape index (κ3) is 4.32. The van der Waals surface area contributed by atoms with E-state index in [-0.39, 0.29) is 28.3 Å². The van der Waals surface area contributed by atoms with Crippen LogP contribution >= 0.6 is 0 Å². The van der Waals surface area contributed by atoms with Gasteiger partial charge in [0.05, 0.1) is 18.5 Å². The van der Waals surface area contributed by atoms with Crippen molar-refractivity contribution in [1.29, 1.82) is 0 Å². The average molecular weight is 365 g/mol.